The first kappa shape index (κ1) is 18.5. The van der Waals surface area contributed by atoms with Gasteiger partial charge in [0.15, 0.2) is 5.82 Å². The number of nitrogens with two attached hydrogens (primary N) is 1. The van der Waals surface area contributed by atoms with Crippen LogP contribution in [0.4, 0.5) is 23.3 Å². The minimum atomic E-state index is -0.471. The Kier molecular flexibility index (Phi) is 5.23. The minimum Gasteiger partial charge on any atom is -0.368 e. The van der Waals surface area contributed by atoms with Crippen LogP contribution in [0, 0.1) is 28.4 Å². The fraction of sp³-hybridized carbons (Fsp3) is 0.0526. The molecule has 0 fully saturated rings. The zero-order valence-electron chi connectivity index (χ0n) is 14.8. The number of benzene rings is 2. The van der Waals surface area contributed by atoms with Gasteiger partial charge in [-0.15, -0.1) is 0 Å². The number of nitrogens with one attached hydrogen (secondary N) is 1. The van der Waals surface area contributed by atoms with E-state index in [1.807, 2.05) is 36.4 Å². The van der Waals surface area contributed by atoms with Crippen LogP contribution >= 0.6 is 0 Å². The molecule has 138 valence electrons. The molecule has 0 aliphatic heterocycles. The lowest BCUT2D eigenvalue weighted by Gasteiger charge is -2.07. The van der Waals surface area contributed by atoms with Crippen molar-refractivity contribution in [3.05, 3.63) is 75.6 Å². The highest BCUT2D eigenvalue weighted by molar-refractivity contribution is 5.87. The molecule has 3 aromatic rings. The van der Waals surface area contributed by atoms with E-state index in [4.69, 9.17) is 5.73 Å². The van der Waals surface area contributed by atoms with Crippen molar-refractivity contribution in [3.8, 4) is 6.07 Å². The summed E-state index contributed by atoms with van der Waals surface area (Å²) in [4.78, 5) is 22.9. The molecule has 0 unspecified atom stereocenters. The van der Waals surface area contributed by atoms with Gasteiger partial charge in [-0.3, -0.25) is 10.1 Å². The van der Waals surface area contributed by atoms with E-state index in [1.54, 1.807) is 19.1 Å². The summed E-state index contributed by atoms with van der Waals surface area (Å²) in [6.07, 6.45) is 1.47. The van der Waals surface area contributed by atoms with E-state index in [0.29, 0.717) is 11.1 Å². The highest BCUT2D eigenvalue weighted by atomic mass is 16.6. The smallest absolute Gasteiger partial charge is 0.272 e. The molecule has 0 aliphatic carbocycles. The van der Waals surface area contributed by atoms with Crippen molar-refractivity contribution in [2.45, 2.75) is 6.92 Å². The predicted molar refractivity (Wildman–Crippen MR) is 105 cm³/mol. The molecule has 28 heavy (non-hydrogen) atoms. The topological polar surface area (TPSA) is 144 Å². The van der Waals surface area contributed by atoms with Gasteiger partial charge in [-0.1, -0.05) is 30.3 Å². The normalized spacial score (nSPS) is 10.9. The summed E-state index contributed by atoms with van der Waals surface area (Å²) in [5.41, 5.74) is 7.57. The molecule has 0 bridgehead atoms. The molecule has 1 aromatic heterocycles. The quantitative estimate of drug-likeness (QED) is 0.393. The Morgan fingerprint density at radius 2 is 1.96 bits per heavy atom. The Bertz CT molecular complexity index is 1110. The Morgan fingerprint density at radius 3 is 2.64 bits per heavy atom. The van der Waals surface area contributed by atoms with E-state index in [2.05, 4.69) is 20.3 Å². The number of hydrogen-bond acceptors (Lipinski definition) is 8. The molecule has 0 spiro atoms. The van der Waals surface area contributed by atoms with Crippen molar-refractivity contribution in [1.29, 1.82) is 5.26 Å². The standard InChI is InChI=1S/C19H15N7O2/c1-12-7-8-13(10-16(12)26(27)28)9-14(11-20)17-23-18(21)25-19(24-17)22-15-5-3-2-4-6-15/h2-10H,1H3,(H3,21,22,23,24,25)/b14-9+. The number of nitro groups is 1. The Morgan fingerprint density at radius 1 is 1.21 bits per heavy atom. The fourth-order valence-electron chi connectivity index (χ4n) is 2.45. The molecule has 0 saturated heterocycles. The molecule has 0 atom stereocenters. The molecular formula is C19H15N7O2. The van der Waals surface area contributed by atoms with Crippen molar-refractivity contribution >= 4 is 34.9 Å². The second-order valence-electron chi connectivity index (χ2n) is 5.80. The maximum absolute atomic E-state index is 11.1. The molecule has 0 amide bonds. The first-order chi connectivity index (χ1) is 13.5. The van der Waals surface area contributed by atoms with E-state index in [9.17, 15) is 15.4 Å². The van der Waals surface area contributed by atoms with Crippen molar-refractivity contribution in [1.82, 2.24) is 15.0 Å². The second kappa shape index (κ2) is 7.92. The maximum atomic E-state index is 11.1. The Hall–Kier alpha value is -4.32. The summed E-state index contributed by atoms with van der Waals surface area (Å²) in [6, 6.07) is 15.9. The summed E-state index contributed by atoms with van der Waals surface area (Å²) in [5, 5.41) is 23.6. The third-order valence-electron chi connectivity index (χ3n) is 3.78. The van der Waals surface area contributed by atoms with Crippen molar-refractivity contribution < 1.29 is 4.92 Å². The van der Waals surface area contributed by atoms with Crippen LogP contribution in [0.15, 0.2) is 48.5 Å². The first-order valence-corrected chi connectivity index (χ1v) is 8.17. The third-order valence-corrected chi connectivity index (χ3v) is 3.78. The number of nitro benzene ring substituents is 1. The van der Waals surface area contributed by atoms with Gasteiger partial charge in [-0.2, -0.15) is 20.2 Å². The van der Waals surface area contributed by atoms with E-state index >= 15 is 0 Å². The summed E-state index contributed by atoms with van der Waals surface area (Å²) < 4.78 is 0. The molecular weight excluding hydrogens is 358 g/mol. The lowest BCUT2D eigenvalue weighted by atomic mass is 10.1. The van der Waals surface area contributed by atoms with Gasteiger partial charge in [0.1, 0.15) is 6.07 Å². The number of rotatable bonds is 5. The molecule has 9 nitrogen and oxygen atoms in total. The largest absolute Gasteiger partial charge is 0.368 e. The van der Waals surface area contributed by atoms with Crippen molar-refractivity contribution in [2.24, 2.45) is 0 Å². The fourth-order valence-corrected chi connectivity index (χ4v) is 2.45. The van der Waals surface area contributed by atoms with Crippen LogP contribution in [0.25, 0.3) is 11.6 Å². The van der Waals surface area contributed by atoms with Crippen LogP contribution in [0.3, 0.4) is 0 Å². The van der Waals surface area contributed by atoms with Crippen LogP contribution in [0.1, 0.15) is 17.0 Å². The lowest BCUT2D eigenvalue weighted by Crippen LogP contribution is -2.06. The number of anilines is 3. The monoisotopic (exact) mass is 373 g/mol. The van der Waals surface area contributed by atoms with Crippen molar-refractivity contribution in [3.63, 3.8) is 0 Å². The minimum absolute atomic E-state index is 0.0346. The highest BCUT2D eigenvalue weighted by Gasteiger charge is 2.13. The second-order valence-corrected chi connectivity index (χ2v) is 5.80. The number of nitrogens with zero attached hydrogens (tertiary/aromatic N) is 5. The molecule has 1 heterocycles. The Labute approximate surface area is 160 Å². The average Bonchev–Trinajstić information content (AvgIpc) is 2.67. The molecule has 9 heteroatoms. The first-order valence-electron chi connectivity index (χ1n) is 8.17. The van der Waals surface area contributed by atoms with Gasteiger partial charge in [-0.05, 0) is 30.7 Å². The van der Waals surface area contributed by atoms with E-state index < -0.39 is 4.92 Å². The number of aromatic nitrogens is 3. The SMILES string of the molecule is Cc1ccc(/C=C(\C#N)c2nc(N)nc(Nc3ccccc3)n2)cc1[N+](=O)[O-]. The van der Waals surface area contributed by atoms with Gasteiger partial charge in [0, 0.05) is 17.3 Å². The summed E-state index contributed by atoms with van der Waals surface area (Å²) in [5.74, 6) is 0.195. The number of aryl methyl sites for hydroxylation is 1. The van der Waals surface area contributed by atoms with Gasteiger partial charge < -0.3 is 11.1 Å². The zero-order valence-corrected chi connectivity index (χ0v) is 14.8. The average molecular weight is 373 g/mol. The Balaban J connectivity index is 1.99. The molecule has 0 aliphatic rings. The van der Waals surface area contributed by atoms with E-state index in [-0.39, 0.29) is 29.0 Å². The zero-order chi connectivity index (χ0) is 20.1. The third kappa shape index (κ3) is 4.25. The lowest BCUT2D eigenvalue weighted by molar-refractivity contribution is -0.385. The van der Waals surface area contributed by atoms with Gasteiger partial charge in [0.2, 0.25) is 11.9 Å². The highest BCUT2D eigenvalue weighted by Crippen LogP contribution is 2.23. The summed E-state index contributed by atoms with van der Waals surface area (Å²) in [6.45, 7) is 1.64. The van der Waals surface area contributed by atoms with E-state index in [0.717, 1.165) is 5.69 Å². The van der Waals surface area contributed by atoms with Crippen LogP contribution in [-0.2, 0) is 0 Å². The molecule has 3 N–H and O–H groups in total. The maximum Gasteiger partial charge on any atom is 0.272 e. The molecule has 2 aromatic carbocycles. The molecule has 0 saturated carbocycles. The predicted octanol–water partition coefficient (Wildman–Crippen LogP) is 3.48. The number of para-hydroxylation sites is 1. The molecule has 3 rings (SSSR count). The number of nitrogen functional groups attached to an aromatic ring is 1. The number of nitriles is 1. The van der Waals surface area contributed by atoms with Gasteiger partial charge in [-0.25, -0.2) is 0 Å². The van der Waals surface area contributed by atoms with Crippen molar-refractivity contribution in [2.75, 3.05) is 11.1 Å². The van der Waals surface area contributed by atoms with Gasteiger partial charge >= 0.3 is 0 Å². The van der Waals surface area contributed by atoms with E-state index in [1.165, 1.54) is 12.1 Å². The number of allylic oxidation sites excluding steroid dienone is 1. The molecule has 0 radical (unpaired) electrons. The van der Waals surface area contributed by atoms with Crippen LogP contribution in [-0.4, -0.2) is 19.9 Å². The summed E-state index contributed by atoms with van der Waals surface area (Å²) >= 11 is 0. The van der Waals surface area contributed by atoms with Crippen LogP contribution in [0.2, 0.25) is 0 Å². The van der Waals surface area contributed by atoms with Gasteiger partial charge in [0.05, 0.1) is 10.5 Å². The van der Waals surface area contributed by atoms with Crippen LogP contribution < -0.4 is 11.1 Å². The van der Waals surface area contributed by atoms with Gasteiger partial charge in [0.25, 0.3) is 5.69 Å². The summed E-state index contributed by atoms with van der Waals surface area (Å²) in [7, 11) is 0. The number of hydrogen-bond donors (Lipinski definition) is 2. The van der Waals surface area contributed by atoms with Crippen LogP contribution in [0.5, 0.6) is 0 Å².